The molecule has 0 aliphatic carbocycles. The maximum absolute atomic E-state index is 11.6. The monoisotopic (exact) mass is 253 g/mol. The number of Topliss-reactive ketones (excluding diaryl/α,β-unsaturated/α-hetero) is 1. The first-order valence-corrected chi connectivity index (χ1v) is 5.90. The molecule has 1 aromatic carbocycles. The zero-order valence-corrected chi connectivity index (χ0v) is 10.1. The van der Waals surface area contributed by atoms with Crippen LogP contribution in [0, 0.1) is 0 Å². The molecule has 0 spiro atoms. The number of carbonyl (C=O) groups excluding carboxylic acids is 2. The molecule has 0 bridgehead atoms. The second kappa shape index (κ2) is 4.75. The van der Waals surface area contributed by atoms with Crippen LogP contribution in [0.4, 0.5) is 5.69 Å². The lowest BCUT2D eigenvalue weighted by Gasteiger charge is -2.25. The fourth-order valence-corrected chi connectivity index (χ4v) is 1.82. The molecule has 0 saturated heterocycles. The highest BCUT2D eigenvalue weighted by atomic mass is 35.5. The van der Waals surface area contributed by atoms with Crippen molar-refractivity contribution >= 4 is 29.0 Å². The van der Waals surface area contributed by atoms with Crippen LogP contribution in [0.2, 0.25) is 0 Å². The number of fused-ring (bicyclic) bond motifs is 1. The number of ketones is 1. The van der Waals surface area contributed by atoms with Gasteiger partial charge in [0.2, 0.25) is 0 Å². The van der Waals surface area contributed by atoms with Gasteiger partial charge in [-0.25, -0.2) is 0 Å². The molecule has 1 N–H and O–H groups in total. The Hall–Kier alpha value is -1.55. The third-order valence-corrected chi connectivity index (χ3v) is 2.86. The molecule has 2 rings (SSSR count). The molecule has 0 saturated carbocycles. The standard InChI is InChI=1S/C12H12ClNO3/c1-2-10-12(16)14-8-5-7(9(15)6-13)3-4-11(8)17-10/h3-5,10H,2,6H2,1H3,(H,14,16). The SMILES string of the molecule is CCC1Oc2ccc(C(=O)CCl)cc2NC1=O. The first-order chi connectivity index (χ1) is 8.15. The quantitative estimate of drug-likeness (QED) is 0.664. The molecule has 0 aromatic heterocycles. The van der Waals surface area contributed by atoms with Crippen LogP contribution in [0.15, 0.2) is 18.2 Å². The van der Waals surface area contributed by atoms with Gasteiger partial charge in [0.25, 0.3) is 5.91 Å². The van der Waals surface area contributed by atoms with Crippen molar-refractivity contribution in [3.8, 4) is 5.75 Å². The summed E-state index contributed by atoms with van der Waals surface area (Å²) < 4.78 is 5.51. The van der Waals surface area contributed by atoms with Crippen LogP contribution in [0.1, 0.15) is 23.7 Å². The number of hydrogen-bond donors (Lipinski definition) is 1. The van der Waals surface area contributed by atoms with Gasteiger partial charge >= 0.3 is 0 Å². The molecule has 1 heterocycles. The van der Waals surface area contributed by atoms with Gasteiger partial charge in [0.15, 0.2) is 11.9 Å². The van der Waals surface area contributed by atoms with Gasteiger partial charge in [-0.2, -0.15) is 0 Å². The maximum atomic E-state index is 11.6. The van der Waals surface area contributed by atoms with Crippen LogP contribution in [-0.4, -0.2) is 23.7 Å². The van der Waals surface area contributed by atoms with Crippen molar-refractivity contribution in [3.63, 3.8) is 0 Å². The summed E-state index contributed by atoms with van der Waals surface area (Å²) in [7, 11) is 0. The van der Waals surface area contributed by atoms with Gasteiger partial charge in [-0.3, -0.25) is 9.59 Å². The van der Waals surface area contributed by atoms with Crippen molar-refractivity contribution in [2.45, 2.75) is 19.4 Å². The van der Waals surface area contributed by atoms with Gasteiger partial charge in [0.1, 0.15) is 5.75 Å². The maximum Gasteiger partial charge on any atom is 0.265 e. The average molecular weight is 254 g/mol. The van der Waals surface area contributed by atoms with E-state index in [-0.39, 0.29) is 17.6 Å². The average Bonchev–Trinajstić information content (AvgIpc) is 2.36. The summed E-state index contributed by atoms with van der Waals surface area (Å²) in [4.78, 5) is 23.0. The number of rotatable bonds is 3. The molecule has 4 nitrogen and oxygen atoms in total. The summed E-state index contributed by atoms with van der Waals surface area (Å²) in [5.74, 6) is 0.143. The van der Waals surface area contributed by atoms with Crippen molar-refractivity contribution < 1.29 is 14.3 Å². The second-order valence-corrected chi connectivity index (χ2v) is 4.04. The van der Waals surface area contributed by atoms with Gasteiger partial charge in [0.05, 0.1) is 11.6 Å². The molecule has 1 aliphatic heterocycles. The second-order valence-electron chi connectivity index (χ2n) is 3.77. The Balaban J connectivity index is 2.32. The lowest BCUT2D eigenvalue weighted by atomic mass is 10.1. The van der Waals surface area contributed by atoms with Crippen molar-refractivity contribution in [3.05, 3.63) is 23.8 Å². The Morgan fingerprint density at radius 2 is 2.29 bits per heavy atom. The molecule has 1 atom stereocenters. The van der Waals surface area contributed by atoms with Crippen LogP contribution in [0.3, 0.4) is 0 Å². The highest BCUT2D eigenvalue weighted by Crippen LogP contribution is 2.31. The van der Waals surface area contributed by atoms with E-state index in [2.05, 4.69) is 5.32 Å². The molecule has 1 aliphatic rings. The van der Waals surface area contributed by atoms with Crippen LogP contribution in [-0.2, 0) is 4.79 Å². The summed E-state index contributed by atoms with van der Waals surface area (Å²) in [6, 6.07) is 4.91. The summed E-state index contributed by atoms with van der Waals surface area (Å²) in [6.07, 6.45) is 0.144. The highest BCUT2D eigenvalue weighted by molar-refractivity contribution is 6.30. The lowest BCUT2D eigenvalue weighted by molar-refractivity contribution is -0.123. The zero-order chi connectivity index (χ0) is 12.4. The van der Waals surface area contributed by atoms with Crippen molar-refractivity contribution in [2.75, 3.05) is 11.2 Å². The van der Waals surface area contributed by atoms with E-state index in [0.29, 0.717) is 23.4 Å². The van der Waals surface area contributed by atoms with E-state index in [4.69, 9.17) is 16.3 Å². The van der Waals surface area contributed by atoms with Crippen LogP contribution in [0.5, 0.6) is 5.75 Å². The Bertz CT molecular complexity index is 473. The molecule has 1 amide bonds. The molecular formula is C12H12ClNO3. The third-order valence-electron chi connectivity index (χ3n) is 2.61. The molecule has 0 radical (unpaired) electrons. The van der Waals surface area contributed by atoms with E-state index in [1.807, 2.05) is 6.92 Å². The van der Waals surface area contributed by atoms with Crippen molar-refractivity contribution in [1.82, 2.24) is 0 Å². The molecular weight excluding hydrogens is 242 g/mol. The van der Waals surface area contributed by atoms with E-state index in [1.165, 1.54) is 0 Å². The third kappa shape index (κ3) is 2.26. The minimum Gasteiger partial charge on any atom is -0.478 e. The number of amides is 1. The van der Waals surface area contributed by atoms with Gasteiger partial charge < -0.3 is 10.1 Å². The number of alkyl halides is 1. The Morgan fingerprint density at radius 3 is 2.94 bits per heavy atom. The van der Waals surface area contributed by atoms with Crippen molar-refractivity contribution in [1.29, 1.82) is 0 Å². The zero-order valence-electron chi connectivity index (χ0n) is 9.33. The van der Waals surface area contributed by atoms with Crippen LogP contribution in [0.25, 0.3) is 0 Å². The minimum absolute atomic E-state index is 0.0782. The summed E-state index contributed by atoms with van der Waals surface area (Å²) in [6.45, 7) is 1.88. The van der Waals surface area contributed by atoms with E-state index < -0.39 is 6.10 Å². The largest absolute Gasteiger partial charge is 0.478 e. The van der Waals surface area contributed by atoms with E-state index in [0.717, 1.165) is 0 Å². The lowest BCUT2D eigenvalue weighted by Crippen LogP contribution is -2.36. The van der Waals surface area contributed by atoms with Crippen LogP contribution < -0.4 is 10.1 Å². The first-order valence-electron chi connectivity index (χ1n) is 5.36. The number of hydrogen-bond acceptors (Lipinski definition) is 3. The van der Waals surface area contributed by atoms with Gasteiger partial charge in [-0.15, -0.1) is 11.6 Å². The number of anilines is 1. The van der Waals surface area contributed by atoms with Gasteiger partial charge in [-0.05, 0) is 24.6 Å². The van der Waals surface area contributed by atoms with E-state index >= 15 is 0 Å². The molecule has 90 valence electrons. The number of carbonyl (C=O) groups is 2. The Kier molecular flexibility index (Phi) is 3.33. The molecule has 1 unspecified atom stereocenters. The number of ether oxygens (including phenoxy) is 1. The van der Waals surface area contributed by atoms with Gasteiger partial charge in [0, 0.05) is 5.56 Å². The van der Waals surface area contributed by atoms with E-state index in [9.17, 15) is 9.59 Å². The first kappa shape index (κ1) is 11.9. The van der Waals surface area contributed by atoms with Crippen molar-refractivity contribution in [2.24, 2.45) is 0 Å². The van der Waals surface area contributed by atoms with Gasteiger partial charge in [-0.1, -0.05) is 6.92 Å². The number of benzene rings is 1. The topological polar surface area (TPSA) is 55.4 Å². The Morgan fingerprint density at radius 1 is 1.53 bits per heavy atom. The number of nitrogens with one attached hydrogen (secondary N) is 1. The Labute approximate surface area is 104 Å². The molecule has 5 heteroatoms. The van der Waals surface area contributed by atoms with E-state index in [1.54, 1.807) is 18.2 Å². The predicted octanol–water partition coefficient (Wildman–Crippen LogP) is 2.22. The summed E-state index contributed by atoms with van der Waals surface area (Å²) >= 11 is 5.48. The fraction of sp³-hybridized carbons (Fsp3) is 0.333. The molecule has 17 heavy (non-hydrogen) atoms. The fourth-order valence-electron chi connectivity index (χ4n) is 1.67. The van der Waals surface area contributed by atoms with Crippen LogP contribution >= 0.6 is 11.6 Å². The normalized spacial score (nSPS) is 18.0. The summed E-state index contributed by atoms with van der Waals surface area (Å²) in [5, 5.41) is 2.72. The smallest absolute Gasteiger partial charge is 0.265 e. The minimum atomic E-state index is -0.461. The predicted molar refractivity (Wildman–Crippen MR) is 64.8 cm³/mol. The molecule has 1 aromatic rings. The number of halogens is 1. The summed E-state index contributed by atoms with van der Waals surface area (Å²) in [5.41, 5.74) is 0.994. The highest BCUT2D eigenvalue weighted by Gasteiger charge is 2.26. The molecule has 0 fully saturated rings.